The Kier molecular flexibility index (Phi) is 9.70. The van der Waals surface area contributed by atoms with Crippen molar-refractivity contribution in [3.05, 3.63) is 58.9 Å². The molecule has 7 nitrogen and oxygen atoms in total. The summed E-state index contributed by atoms with van der Waals surface area (Å²) in [7, 11) is 1.75. The number of carbonyl (C=O) groups excluding carboxylic acids is 1. The molecule has 0 radical (unpaired) electrons. The second-order valence-electron chi connectivity index (χ2n) is 16.8. The molecule has 5 aliphatic rings. The molecule has 2 aromatic heterocycles. The van der Waals surface area contributed by atoms with Crippen molar-refractivity contribution in [3.63, 3.8) is 0 Å². The molecular formula is C41H56N4O3S. The predicted octanol–water partition coefficient (Wildman–Crippen LogP) is 8.46. The van der Waals surface area contributed by atoms with Crippen molar-refractivity contribution in [2.45, 2.75) is 128 Å². The average Bonchev–Trinajstić information content (AvgIpc) is 3.64. The van der Waals surface area contributed by atoms with Crippen LogP contribution in [0.2, 0.25) is 0 Å². The van der Waals surface area contributed by atoms with Gasteiger partial charge in [-0.05, 0) is 130 Å². The van der Waals surface area contributed by atoms with E-state index in [0.29, 0.717) is 6.04 Å². The number of carbonyl (C=O) groups is 1. The van der Waals surface area contributed by atoms with Crippen molar-refractivity contribution in [2.24, 2.45) is 11.3 Å². The summed E-state index contributed by atoms with van der Waals surface area (Å²) in [6.07, 6.45) is 16.3. The summed E-state index contributed by atoms with van der Waals surface area (Å²) in [5.41, 5.74) is 4.10. The van der Waals surface area contributed by atoms with Crippen LogP contribution in [0.3, 0.4) is 0 Å². The Morgan fingerprint density at radius 2 is 1.67 bits per heavy atom. The van der Waals surface area contributed by atoms with Crippen molar-refractivity contribution in [2.75, 3.05) is 31.6 Å². The number of benzene rings is 1. The van der Waals surface area contributed by atoms with Crippen LogP contribution in [-0.4, -0.2) is 64.8 Å². The number of aliphatic hydroxyl groups excluding tert-OH is 1. The Balaban J connectivity index is 1.12. The topological polar surface area (TPSA) is 78.8 Å². The first kappa shape index (κ1) is 34.6. The van der Waals surface area contributed by atoms with Crippen LogP contribution in [0.15, 0.2) is 42.7 Å². The molecule has 2 bridgehead atoms. The molecule has 8 heteroatoms. The summed E-state index contributed by atoms with van der Waals surface area (Å²) in [5.74, 6) is 2.04. The standard InChI is InChI=1S/C41H56N4O3S/c1-28-24-31(8-11-34(28)48-5)41-18-15-40(16-19-41,17-20-41)27-45(36-25-30(12-21-42-36)35-26-43-38(49-35)39(2,3)4)37(47)29-6-9-32(10-7-29)44-22-13-33(46)14-23-44/h8,11-12,21,24-26,29,32-33,46H,6-7,9-10,13-20,22-23,27H2,1-5H3. The van der Waals surface area contributed by atoms with Gasteiger partial charge < -0.3 is 14.7 Å². The van der Waals surface area contributed by atoms with Gasteiger partial charge in [0.1, 0.15) is 11.6 Å². The number of ether oxygens (including phenoxy) is 1. The van der Waals surface area contributed by atoms with Crippen LogP contribution < -0.4 is 9.64 Å². The maximum atomic E-state index is 14.8. The fraction of sp³-hybridized carbons (Fsp3) is 0.634. The van der Waals surface area contributed by atoms with Crippen molar-refractivity contribution in [1.82, 2.24) is 14.9 Å². The molecular weight excluding hydrogens is 629 g/mol. The van der Waals surface area contributed by atoms with Gasteiger partial charge in [-0.15, -0.1) is 11.3 Å². The molecule has 8 rings (SSSR count). The number of hydrogen-bond acceptors (Lipinski definition) is 7. The van der Waals surface area contributed by atoms with E-state index in [1.165, 1.54) is 30.4 Å². The molecule has 0 spiro atoms. The van der Waals surface area contributed by atoms with E-state index in [1.54, 1.807) is 18.4 Å². The zero-order valence-corrected chi connectivity index (χ0v) is 31.2. The number of aliphatic hydroxyl groups is 1. The Labute approximate surface area is 297 Å². The first-order chi connectivity index (χ1) is 23.5. The van der Waals surface area contributed by atoms with Crippen LogP contribution in [0, 0.1) is 18.3 Å². The first-order valence-corrected chi connectivity index (χ1v) is 19.6. The number of aryl methyl sites for hydroxylation is 1. The van der Waals surface area contributed by atoms with Crippen molar-refractivity contribution < 1.29 is 14.6 Å². The fourth-order valence-corrected chi connectivity index (χ4v) is 10.4. The van der Waals surface area contributed by atoms with E-state index in [0.717, 1.165) is 104 Å². The third-order valence-electron chi connectivity index (χ3n) is 12.7. The zero-order valence-electron chi connectivity index (χ0n) is 30.3. The van der Waals surface area contributed by atoms with Gasteiger partial charge >= 0.3 is 0 Å². The van der Waals surface area contributed by atoms with Gasteiger partial charge in [-0.1, -0.05) is 32.9 Å². The van der Waals surface area contributed by atoms with Crippen LogP contribution >= 0.6 is 11.3 Å². The number of anilines is 1. The van der Waals surface area contributed by atoms with Crippen LogP contribution in [-0.2, 0) is 15.6 Å². The maximum absolute atomic E-state index is 14.8. The molecule has 0 unspecified atom stereocenters. The lowest BCUT2D eigenvalue weighted by molar-refractivity contribution is -0.124. The Hall–Kier alpha value is -2.81. The molecule has 1 amide bonds. The molecule has 1 N–H and O–H groups in total. The highest BCUT2D eigenvalue weighted by atomic mass is 32.1. The number of methoxy groups -OCH3 is 1. The van der Waals surface area contributed by atoms with Gasteiger partial charge in [-0.25, -0.2) is 9.97 Å². The Morgan fingerprint density at radius 3 is 2.29 bits per heavy atom. The van der Waals surface area contributed by atoms with Gasteiger partial charge in [-0.3, -0.25) is 9.69 Å². The minimum absolute atomic E-state index is 0.00548. The van der Waals surface area contributed by atoms with Gasteiger partial charge in [0, 0.05) is 49.4 Å². The number of fused-ring (bicyclic) bond motifs is 3. The monoisotopic (exact) mass is 684 g/mol. The van der Waals surface area contributed by atoms with Gasteiger partial charge in [0.2, 0.25) is 5.91 Å². The molecule has 3 heterocycles. The molecule has 1 aromatic carbocycles. The summed E-state index contributed by atoms with van der Waals surface area (Å²) in [5, 5.41) is 11.1. The number of amides is 1. The number of hydrogen-bond donors (Lipinski definition) is 1. The maximum Gasteiger partial charge on any atom is 0.231 e. The number of thiazole rings is 1. The summed E-state index contributed by atoms with van der Waals surface area (Å²) in [6.45, 7) is 11.5. The van der Waals surface area contributed by atoms with Crippen molar-refractivity contribution in [1.29, 1.82) is 0 Å². The molecule has 3 aromatic rings. The third-order valence-corrected chi connectivity index (χ3v) is 14.2. The van der Waals surface area contributed by atoms with Crippen LogP contribution in [0.4, 0.5) is 5.82 Å². The molecule has 0 atom stereocenters. The lowest BCUT2D eigenvalue weighted by Crippen LogP contribution is -2.52. The van der Waals surface area contributed by atoms with Crippen molar-refractivity contribution in [3.8, 4) is 16.2 Å². The molecule has 1 aliphatic heterocycles. The van der Waals surface area contributed by atoms with Gasteiger partial charge in [-0.2, -0.15) is 0 Å². The van der Waals surface area contributed by atoms with E-state index in [2.05, 4.69) is 67.8 Å². The Bertz CT molecular complexity index is 1600. The van der Waals surface area contributed by atoms with Gasteiger partial charge in [0.25, 0.3) is 0 Å². The SMILES string of the molecule is COc1ccc(C23CCC(CN(C(=O)C4CCC(N5CCC(O)CC5)CC4)c4cc(-c5cnc(C(C)(C)C)s5)ccn4)(CC2)CC3)cc1C. The number of nitrogens with zero attached hydrogens (tertiary/aromatic N) is 4. The van der Waals surface area contributed by atoms with Gasteiger partial charge in [0.05, 0.1) is 23.1 Å². The lowest BCUT2D eigenvalue weighted by atomic mass is 9.51. The third kappa shape index (κ3) is 7.07. The second kappa shape index (κ2) is 13.7. The normalized spacial score (nSPS) is 28.0. The highest BCUT2D eigenvalue weighted by Crippen LogP contribution is 2.58. The highest BCUT2D eigenvalue weighted by molar-refractivity contribution is 7.15. The number of pyridine rings is 1. The van der Waals surface area contributed by atoms with E-state index in [4.69, 9.17) is 14.7 Å². The second-order valence-corrected chi connectivity index (χ2v) is 17.9. The number of aromatic nitrogens is 2. The number of likely N-dealkylation sites (tertiary alicyclic amines) is 1. The fourth-order valence-electron chi connectivity index (χ4n) is 9.38. The average molecular weight is 685 g/mol. The van der Waals surface area contributed by atoms with E-state index >= 15 is 0 Å². The highest BCUT2D eigenvalue weighted by Gasteiger charge is 2.51. The van der Waals surface area contributed by atoms with E-state index < -0.39 is 0 Å². The summed E-state index contributed by atoms with van der Waals surface area (Å²) in [6, 6.07) is 11.5. The largest absolute Gasteiger partial charge is 0.496 e. The quantitative estimate of drug-likeness (QED) is 0.257. The van der Waals surface area contributed by atoms with Crippen molar-refractivity contribution >= 4 is 23.1 Å². The minimum Gasteiger partial charge on any atom is -0.496 e. The molecule has 5 fully saturated rings. The Morgan fingerprint density at radius 1 is 0.980 bits per heavy atom. The van der Waals surface area contributed by atoms with E-state index in [9.17, 15) is 9.90 Å². The lowest BCUT2D eigenvalue weighted by Gasteiger charge is -2.55. The summed E-state index contributed by atoms with van der Waals surface area (Å²) >= 11 is 1.74. The number of piperidine rings is 1. The van der Waals surface area contributed by atoms with Crippen LogP contribution in [0.25, 0.3) is 10.4 Å². The van der Waals surface area contributed by atoms with Gasteiger partial charge in [0.15, 0.2) is 0 Å². The van der Waals surface area contributed by atoms with E-state index in [-0.39, 0.29) is 34.2 Å². The molecule has 4 saturated carbocycles. The molecule has 49 heavy (non-hydrogen) atoms. The first-order valence-electron chi connectivity index (χ1n) is 18.8. The number of rotatable bonds is 8. The minimum atomic E-state index is -0.152. The molecule has 1 saturated heterocycles. The predicted molar refractivity (Wildman–Crippen MR) is 199 cm³/mol. The zero-order chi connectivity index (χ0) is 34.4. The molecule has 264 valence electrons. The van der Waals surface area contributed by atoms with E-state index in [1.807, 2.05) is 12.4 Å². The van der Waals surface area contributed by atoms with Crippen LogP contribution in [0.1, 0.15) is 114 Å². The molecule has 4 aliphatic carbocycles. The summed E-state index contributed by atoms with van der Waals surface area (Å²) < 4.78 is 5.57. The summed E-state index contributed by atoms with van der Waals surface area (Å²) in [4.78, 5) is 30.2. The van der Waals surface area contributed by atoms with Crippen LogP contribution in [0.5, 0.6) is 5.75 Å². The smallest absolute Gasteiger partial charge is 0.231 e.